The van der Waals surface area contributed by atoms with E-state index in [-0.39, 0.29) is 30.4 Å². The van der Waals surface area contributed by atoms with Crippen molar-refractivity contribution < 1.29 is 22.1 Å². The zero-order valence-corrected chi connectivity index (χ0v) is 23.1. The lowest BCUT2D eigenvalue weighted by Crippen LogP contribution is -2.32. The molecule has 0 radical (unpaired) electrons. The van der Waals surface area contributed by atoms with Gasteiger partial charge in [0.15, 0.2) is 0 Å². The molecule has 0 bridgehead atoms. The summed E-state index contributed by atoms with van der Waals surface area (Å²) in [6, 6.07) is 17.3. The summed E-state index contributed by atoms with van der Waals surface area (Å²) in [6.45, 7) is 6.98. The standard InChI is InChI=1S/C28H30ClN3O5S/c1-4-31(5-2)27(33)18-25-28(30-26-15-10-22(29)19-32(25)26)21-8-11-23(12-9-21)36-16-17-37-38(34,35)24-13-6-20(3)7-14-24/h6-15,19H,4-5,16-18H2,1-3H3. The molecule has 8 nitrogen and oxygen atoms in total. The molecule has 2 aromatic heterocycles. The van der Waals surface area contributed by atoms with Gasteiger partial charge in [-0.25, -0.2) is 4.98 Å². The molecular weight excluding hydrogens is 526 g/mol. The van der Waals surface area contributed by atoms with Crippen LogP contribution in [0.3, 0.4) is 0 Å². The smallest absolute Gasteiger partial charge is 0.297 e. The van der Waals surface area contributed by atoms with Crippen LogP contribution in [0.2, 0.25) is 5.02 Å². The maximum absolute atomic E-state index is 12.9. The molecule has 2 aromatic carbocycles. The van der Waals surface area contributed by atoms with Crippen molar-refractivity contribution >= 4 is 33.3 Å². The van der Waals surface area contributed by atoms with Crippen LogP contribution in [0.4, 0.5) is 0 Å². The number of nitrogens with zero attached hydrogens (tertiary/aromatic N) is 3. The number of carbonyl (C=O) groups is 1. The molecule has 200 valence electrons. The summed E-state index contributed by atoms with van der Waals surface area (Å²) >= 11 is 6.24. The molecule has 38 heavy (non-hydrogen) atoms. The molecule has 10 heteroatoms. The summed E-state index contributed by atoms with van der Waals surface area (Å²) in [5.41, 5.74) is 3.91. The van der Waals surface area contributed by atoms with Crippen LogP contribution in [0.5, 0.6) is 5.75 Å². The first-order valence-corrected chi connectivity index (χ1v) is 14.1. The third kappa shape index (κ3) is 6.35. The van der Waals surface area contributed by atoms with E-state index in [1.165, 1.54) is 12.1 Å². The van der Waals surface area contributed by atoms with E-state index in [9.17, 15) is 13.2 Å². The van der Waals surface area contributed by atoms with E-state index in [0.29, 0.717) is 35.2 Å². The molecule has 4 rings (SSSR count). The predicted molar refractivity (Wildman–Crippen MR) is 147 cm³/mol. The molecule has 0 atom stereocenters. The summed E-state index contributed by atoms with van der Waals surface area (Å²) in [6.07, 6.45) is 1.95. The first-order chi connectivity index (χ1) is 18.2. The lowest BCUT2D eigenvalue weighted by atomic mass is 10.1. The van der Waals surface area contributed by atoms with Crippen LogP contribution in [0.15, 0.2) is 71.8 Å². The molecule has 2 heterocycles. The molecule has 4 aromatic rings. The summed E-state index contributed by atoms with van der Waals surface area (Å²) < 4.78 is 37.3. The number of fused-ring (bicyclic) bond motifs is 1. The van der Waals surface area contributed by atoms with E-state index >= 15 is 0 Å². The van der Waals surface area contributed by atoms with Crippen LogP contribution >= 0.6 is 11.6 Å². The van der Waals surface area contributed by atoms with Crippen LogP contribution in [0, 0.1) is 6.92 Å². The minimum Gasteiger partial charge on any atom is -0.491 e. The molecule has 1 amide bonds. The van der Waals surface area contributed by atoms with E-state index in [1.54, 1.807) is 41.4 Å². The van der Waals surface area contributed by atoms with Gasteiger partial charge in [0.2, 0.25) is 5.91 Å². The Kier molecular flexibility index (Phi) is 8.71. The highest BCUT2D eigenvalue weighted by atomic mass is 35.5. The van der Waals surface area contributed by atoms with Crippen LogP contribution < -0.4 is 4.74 Å². The number of aryl methyl sites for hydroxylation is 1. The number of pyridine rings is 1. The largest absolute Gasteiger partial charge is 0.491 e. The fourth-order valence-corrected chi connectivity index (χ4v) is 5.14. The van der Waals surface area contributed by atoms with Crippen molar-refractivity contribution in [3.05, 3.63) is 83.1 Å². The first-order valence-electron chi connectivity index (χ1n) is 12.4. The van der Waals surface area contributed by atoms with Crippen LogP contribution in [0.25, 0.3) is 16.9 Å². The van der Waals surface area contributed by atoms with Gasteiger partial charge in [0, 0.05) is 24.8 Å². The van der Waals surface area contributed by atoms with Gasteiger partial charge in [0.25, 0.3) is 10.1 Å². The second-order valence-corrected chi connectivity index (χ2v) is 10.7. The van der Waals surface area contributed by atoms with Crippen LogP contribution in [-0.2, 0) is 25.5 Å². The Morgan fingerprint density at radius 2 is 1.66 bits per heavy atom. The van der Waals surface area contributed by atoms with E-state index < -0.39 is 10.1 Å². The van der Waals surface area contributed by atoms with Crippen molar-refractivity contribution in [1.29, 1.82) is 0 Å². The second kappa shape index (κ2) is 12.0. The Morgan fingerprint density at radius 1 is 0.974 bits per heavy atom. The molecule has 0 saturated carbocycles. The normalized spacial score (nSPS) is 11.6. The van der Waals surface area contributed by atoms with Crippen molar-refractivity contribution in [2.45, 2.75) is 32.1 Å². The fraction of sp³-hybridized carbons (Fsp3) is 0.286. The number of ether oxygens (including phenoxy) is 1. The van der Waals surface area contributed by atoms with Crippen molar-refractivity contribution in [3.8, 4) is 17.0 Å². The molecule has 0 aliphatic heterocycles. The Morgan fingerprint density at radius 3 is 2.32 bits per heavy atom. The predicted octanol–water partition coefficient (Wildman–Crippen LogP) is 5.16. The zero-order chi connectivity index (χ0) is 27.3. The monoisotopic (exact) mass is 555 g/mol. The minimum atomic E-state index is -3.85. The molecule has 0 fully saturated rings. The Balaban J connectivity index is 1.46. The molecule has 0 saturated heterocycles. The Hall–Kier alpha value is -3.40. The molecule has 0 N–H and O–H groups in total. The quantitative estimate of drug-likeness (QED) is 0.188. The van der Waals surface area contributed by atoms with E-state index in [2.05, 4.69) is 0 Å². The van der Waals surface area contributed by atoms with Gasteiger partial charge in [0.05, 0.1) is 27.7 Å². The highest BCUT2D eigenvalue weighted by Gasteiger charge is 2.20. The van der Waals surface area contributed by atoms with E-state index in [4.69, 9.17) is 25.5 Å². The van der Waals surface area contributed by atoms with Gasteiger partial charge in [-0.05, 0) is 69.3 Å². The maximum Gasteiger partial charge on any atom is 0.297 e. The lowest BCUT2D eigenvalue weighted by Gasteiger charge is -2.18. The van der Waals surface area contributed by atoms with Crippen molar-refractivity contribution in [2.24, 2.45) is 0 Å². The summed E-state index contributed by atoms with van der Waals surface area (Å²) in [4.78, 5) is 19.6. The fourth-order valence-electron chi connectivity index (χ4n) is 4.08. The summed E-state index contributed by atoms with van der Waals surface area (Å²) in [5.74, 6) is 0.566. The number of amides is 1. The molecule has 0 spiro atoms. The highest BCUT2D eigenvalue weighted by Crippen LogP contribution is 2.28. The first kappa shape index (κ1) is 27.6. The topological polar surface area (TPSA) is 90.2 Å². The third-order valence-corrected chi connectivity index (χ3v) is 7.69. The number of benzene rings is 2. The SMILES string of the molecule is CCN(CC)C(=O)Cc1c(-c2ccc(OCCOS(=O)(=O)c3ccc(C)cc3)cc2)nc2ccc(Cl)cn12. The summed E-state index contributed by atoms with van der Waals surface area (Å²) in [7, 11) is -3.85. The average Bonchev–Trinajstić information content (AvgIpc) is 3.25. The second-order valence-electron chi connectivity index (χ2n) is 8.69. The molecule has 0 unspecified atom stereocenters. The Bertz CT molecular complexity index is 1510. The van der Waals surface area contributed by atoms with Gasteiger partial charge in [-0.1, -0.05) is 29.3 Å². The van der Waals surface area contributed by atoms with Gasteiger partial charge in [0.1, 0.15) is 24.6 Å². The zero-order valence-electron chi connectivity index (χ0n) is 21.6. The average molecular weight is 556 g/mol. The van der Waals surface area contributed by atoms with Gasteiger partial charge < -0.3 is 14.0 Å². The van der Waals surface area contributed by atoms with E-state index in [0.717, 1.165) is 16.8 Å². The number of rotatable bonds is 11. The highest BCUT2D eigenvalue weighted by molar-refractivity contribution is 7.86. The number of hydrogen-bond donors (Lipinski definition) is 0. The summed E-state index contributed by atoms with van der Waals surface area (Å²) in [5, 5.41) is 0.549. The van der Waals surface area contributed by atoms with Crippen molar-refractivity contribution in [1.82, 2.24) is 14.3 Å². The van der Waals surface area contributed by atoms with Gasteiger partial charge in [-0.2, -0.15) is 8.42 Å². The number of likely N-dealkylation sites (N-methyl/N-ethyl adjacent to an activating group) is 1. The minimum absolute atomic E-state index is 0.0126. The van der Waals surface area contributed by atoms with Crippen molar-refractivity contribution in [3.63, 3.8) is 0 Å². The van der Waals surface area contributed by atoms with E-state index in [1.807, 2.05) is 43.4 Å². The molecule has 0 aliphatic carbocycles. The van der Waals surface area contributed by atoms with Gasteiger partial charge >= 0.3 is 0 Å². The number of carbonyl (C=O) groups excluding carboxylic acids is 1. The number of halogens is 1. The Labute approximate surface area is 227 Å². The third-order valence-electron chi connectivity index (χ3n) is 6.14. The van der Waals surface area contributed by atoms with Crippen molar-refractivity contribution in [2.75, 3.05) is 26.3 Å². The molecule has 0 aliphatic rings. The van der Waals surface area contributed by atoms with Gasteiger partial charge in [-0.3, -0.25) is 8.98 Å². The van der Waals surface area contributed by atoms with Crippen LogP contribution in [-0.4, -0.2) is 54.9 Å². The van der Waals surface area contributed by atoms with Crippen LogP contribution in [0.1, 0.15) is 25.1 Å². The van der Waals surface area contributed by atoms with Gasteiger partial charge in [-0.15, -0.1) is 0 Å². The molecular formula is C28H30ClN3O5S. The number of aromatic nitrogens is 2. The lowest BCUT2D eigenvalue weighted by molar-refractivity contribution is -0.130. The number of imidazole rings is 1. The number of hydrogen-bond acceptors (Lipinski definition) is 6. The maximum atomic E-state index is 12.9.